The fourth-order valence-electron chi connectivity index (χ4n) is 3.63. The van der Waals surface area contributed by atoms with E-state index in [-0.39, 0.29) is 0 Å². The minimum Gasteiger partial charge on any atom is -0.494 e. The molecule has 0 aliphatic heterocycles. The summed E-state index contributed by atoms with van der Waals surface area (Å²) in [5, 5.41) is 18.8. The summed E-state index contributed by atoms with van der Waals surface area (Å²) in [6, 6.07) is 19.6. The minimum absolute atomic E-state index is 0.438. The van der Waals surface area contributed by atoms with Crippen molar-refractivity contribution in [3.8, 4) is 34.1 Å². The molecule has 2 aromatic carbocycles. The van der Waals surface area contributed by atoms with Gasteiger partial charge in [-0.25, -0.2) is 4.79 Å². The predicted molar refractivity (Wildman–Crippen MR) is 132 cm³/mol. The van der Waals surface area contributed by atoms with Crippen molar-refractivity contribution in [2.45, 2.75) is 0 Å². The van der Waals surface area contributed by atoms with Crippen LogP contribution in [0.2, 0.25) is 0 Å². The predicted octanol–water partition coefficient (Wildman–Crippen LogP) is 4.51. The number of nitrogens with zero attached hydrogens (tertiary/aromatic N) is 5. The molecule has 0 atom stereocenters. The first-order chi connectivity index (χ1) is 17.2. The quantitative estimate of drug-likeness (QED) is 0.377. The lowest BCUT2D eigenvalue weighted by Crippen LogP contribution is -2.20. The molecule has 35 heavy (non-hydrogen) atoms. The number of fused-ring (bicyclic) bond motifs is 1. The number of benzene rings is 2. The van der Waals surface area contributed by atoms with Crippen LogP contribution >= 0.6 is 0 Å². The number of carbonyl (C=O) groups excluding carboxylic acids is 1. The largest absolute Gasteiger partial charge is 0.494 e. The summed E-state index contributed by atoms with van der Waals surface area (Å²) in [6.45, 7) is 0. The Balaban J connectivity index is 1.40. The van der Waals surface area contributed by atoms with Gasteiger partial charge in [-0.2, -0.15) is 9.61 Å². The summed E-state index contributed by atoms with van der Waals surface area (Å²) in [5.74, 6) is 1.60. The highest BCUT2D eigenvalue weighted by molar-refractivity contribution is 6.02. The van der Waals surface area contributed by atoms with Gasteiger partial charge in [0, 0.05) is 29.2 Å². The molecule has 0 saturated heterocycles. The van der Waals surface area contributed by atoms with Crippen molar-refractivity contribution in [3.05, 3.63) is 79.1 Å². The Kier molecular flexibility index (Phi) is 5.91. The molecule has 0 bridgehead atoms. The van der Waals surface area contributed by atoms with Crippen LogP contribution in [0.5, 0.6) is 11.5 Å². The van der Waals surface area contributed by atoms with E-state index < -0.39 is 6.03 Å². The molecular formula is C25H21N7O3. The number of amides is 2. The molecular weight excluding hydrogens is 446 g/mol. The second-order valence-corrected chi connectivity index (χ2v) is 7.45. The van der Waals surface area contributed by atoms with Crippen LogP contribution < -0.4 is 20.1 Å². The normalized spacial score (nSPS) is 10.7. The van der Waals surface area contributed by atoms with Crippen LogP contribution in [0.1, 0.15) is 0 Å². The molecule has 0 aliphatic carbocycles. The Labute approximate surface area is 200 Å². The molecule has 2 amide bonds. The lowest BCUT2D eigenvalue weighted by atomic mass is 10.1. The van der Waals surface area contributed by atoms with Crippen LogP contribution in [-0.4, -0.2) is 45.0 Å². The van der Waals surface area contributed by atoms with Gasteiger partial charge in [-0.15, -0.1) is 10.2 Å². The molecule has 2 N–H and O–H groups in total. The van der Waals surface area contributed by atoms with Gasteiger partial charge in [-0.05, 0) is 48.5 Å². The smallest absolute Gasteiger partial charge is 0.323 e. The van der Waals surface area contributed by atoms with Gasteiger partial charge < -0.3 is 20.1 Å². The third-order valence-electron chi connectivity index (χ3n) is 5.28. The minimum atomic E-state index is -0.438. The first-order valence-corrected chi connectivity index (χ1v) is 10.7. The van der Waals surface area contributed by atoms with E-state index in [2.05, 4.69) is 25.8 Å². The van der Waals surface area contributed by atoms with Crippen molar-refractivity contribution in [1.82, 2.24) is 24.8 Å². The van der Waals surface area contributed by atoms with Crippen LogP contribution in [-0.2, 0) is 0 Å². The third-order valence-corrected chi connectivity index (χ3v) is 5.28. The SMILES string of the molecule is COc1cccc(OC)c1NC(=O)Nc1cccc(-c2ccc3nnc(-c4ccncc4)n3n2)c1. The molecule has 3 aromatic heterocycles. The molecule has 0 fully saturated rings. The van der Waals surface area contributed by atoms with Gasteiger partial charge in [0.15, 0.2) is 11.5 Å². The van der Waals surface area contributed by atoms with Gasteiger partial charge in [-0.3, -0.25) is 4.98 Å². The number of anilines is 2. The highest BCUT2D eigenvalue weighted by atomic mass is 16.5. The number of hydrogen-bond acceptors (Lipinski definition) is 7. The summed E-state index contributed by atoms with van der Waals surface area (Å²) in [4.78, 5) is 16.8. The van der Waals surface area contributed by atoms with Gasteiger partial charge in [-0.1, -0.05) is 18.2 Å². The van der Waals surface area contributed by atoms with Crippen LogP contribution in [0.25, 0.3) is 28.3 Å². The van der Waals surface area contributed by atoms with Gasteiger partial charge in [0.05, 0.1) is 19.9 Å². The van der Waals surface area contributed by atoms with E-state index in [1.54, 1.807) is 41.2 Å². The number of methoxy groups -OCH3 is 2. The lowest BCUT2D eigenvalue weighted by Gasteiger charge is -2.14. The van der Waals surface area contributed by atoms with Crippen LogP contribution in [0, 0.1) is 0 Å². The van der Waals surface area contributed by atoms with Gasteiger partial charge >= 0.3 is 6.03 Å². The number of urea groups is 1. The molecule has 3 heterocycles. The van der Waals surface area contributed by atoms with Gasteiger partial charge in [0.25, 0.3) is 0 Å². The van der Waals surface area contributed by atoms with Crippen LogP contribution in [0.15, 0.2) is 79.1 Å². The fraction of sp³-hybridized carbons (Fsp3) is 0.0800. The van der Waals surface area contributed by atoms with E-state index in [0.717, 1.165) is 11.1 Å². The molecule has 5 rings (SSSR count). The van der Waals surface area contributed by atoms with Crippen molar-refractivity contribution >= 4 is 23.1 Å². The Morgan fingerprint density at radius 3 is 2.31 bits per heavy atom. The number of hydrogen-bond donors (Lipinski definition) is 2. The number of nitrogens with one attached hydrogen (secondary N) is 2. The number of para-hydroxylation sites is 1. The second-order valence-electron chi connectivity index (χ2n) is 7.45. The molecule has 0 radical (unpaired) electrons. The summed E-state index contributed by atoms with van der Waals surface area (Å²) in [6.07, 6.45) is 3.39. The summed E-state index contributed by atoms with van der Waals surface area (Å²) in [7, 11) is 3.06. The van der Waals surface area contributed by atoms with E-state index in [1.807, 2.05) is 42.5 Å². The molecule has 5 aromatic rings. The highest BCUT2D eigenvalue weighted by Crippen LogP contribution is 2.34. The maximum absolute atomic E-state index is 12.7. The van der Waals surface area contributed by atoms with Crippen molar-refractivity contribution in [2.75, 3.05) is 24.9 Å². The van der Waals surface area contributed by atoms with Crippen molar-refractivity contribution < 1.29 is 14.3 Å². The molecule has 10 nitrogen and oxygen atoms in total. The average Bonchev–Trinajstić information content (AvgIpc) is 3.33. The summed E-state index contributed by atoms with van der Waals surface area (Å²) in [5.41, 5.74) is 4.02. The number of aromatic nitrogens is 5. The molecule has 0 saturated carbocycles. The zero-order valence-electron chi connectivity index (χ0n) is 19.0. The standard InChI is InChI=1S/C25H21N7O3/c1-34-20-7-4-8-21(35-2)23(20)28-25(33)27-18-6-3-5-17(15-18)19-9-10-22-29-30-24(32(22)31-19)16-11-13-26-14-12-16/h3-15H,1-2H3,(H2,27,28,33). The third kappa shape index (κ3) is 4.44. The fourth-order valence-corrected chi connectivity index (χ4v) is 3.63. The van der Waals surface area contributed by atoms with Crippen LogP contribution in [0.3, 0.4) is 0 Å². The molecule has 174 valence electrons. The molecule has 0 unspecified atom stereocenters. The Hall–Kier alpha value is -4.99. The number of carbonyl (C=O) groups is 1. The highest BCUT2D eigenvalue weighted by Gasteiger charge is 2.14. The first-order valence-electron chi connectivity index (χ1n) is 10.7. The molecule has 0 spiro atoms. The summed E-state index contributed by atoms with van der Waals surface area (Å²) < 4.78 is 12.4. The monoisotopic (exact) mass is 467 g/mol. The van der Waals surface area contributed by atoms with Crippen molar-refractivity contribution in [1.29, 1.82) is 0 Å². The number of rotatable bonds is 6. The Morgan fingerprint density at radius 1 is 0.829 bits per heavy atom. The Bertz CT molecular complexity index is 1480. The molecule has 0 aliphatic rings. The van der Waals surface area contributed by atoms with E-state index in [9.17, 15) is 4.79 Å². The first kappa shape index (κ1) is 21.8. The van der Waals surface area contributed by atoms with Gasteiger partial charge in [0.2, 0.25) is 0 Å². The maximum Gasteiger partial charge on any atom is 0.323 e. The second kappa shape index (κ2) is 9.48. The molecule has 10 heteroatoms. The van der Waals surface area contributed by atoms with E-state index in [0.29, 0.717) is 40.0 Å². The van der Waals surface area contributed by atoms with Gasteiger partial charge in [0.1, 0.15) is 17.2 Å². The van der Waals surface area contributed by atoms with E-state index >= 15 is 0 Å². The zero-order valence-corrected chi connectivity index (χ0v) is 19.0. The number of ether oxygens (including phenoxy) is 2. The van der Waals surface area contributed by atoms with Crippen molar-refractivity contribution in [3.63, 3.8) is 0 Å². The maximum atomic E-state index is 12.7. The lowest BCUT2D eigenvalue weighted by molar-refractivity contribution is 0.262. The average molecular weight is 467 g/mol. The van der Waals surface area contributed by atoms with Crippen molar-refractivity contribution in [2.24, 2.45) is 0 Å². The topological polar surface area (TPSA) is 116 Å². The van der Waals surface area contributed by atoms with Crippen LogP contribution in [0.4, 0.5) is 16.2 Å². The van der Waals surface area contributed by atoms with E-state index in [1.165, 1.54) is 14.2 Å². The Morgan fingerprint density at radius 2 is 1.57 bits per heavy atom. The summed E-state index contributed by atoms with van der Waals surface area (Å²) >= 11 is 0. The number of pyridine rings is 1. The zero-order chi connectivity index (χ0) is 24.2. The van der Waals surface area contributed by atoms with E-state index in [4.69, 9.17) is 14.6 Å².